The largest absolute Gasteiger partial charge is 0.143 e. The zero-order valence-electron chi connectivity index (χ0n) is 13.1. The summed E-state index contributed by atoms with van der Waals surface area (Å²) < 4.78 is 0. The molecule has 0 nitrogen and oxygen atoms in total. The molecule has 21 heavy (non-hydrogen) atoms. The van der Waals surface area contributed by atoms with E-state index < -0.39 is 0 Å². The average Bonchev–Trinajstić information content (AvgIpc) is 2.74. The van der Waals surface area contributed by atoms with Crippen molar-refractivity contribution in [2.24, 2.45) is 0 Å². The topological polar surface area (TPSA) is 0 Å². The maximum absolute atomic E-state index is 4.64. The number of fused-ring (bicyclic) bond motifs is 1. The number of benzene rings is 2. The van der Waals surface area contributed by atoms with Gasteiger partial charge in [0, 0.05) is 15.7 Å². The Hall–Kier alpha value is -0.860. The maximum Gasteiger partial charge on any atom is 0.0104 e. The van der Waals surface area contributed by atoms with Gasteiger partial charge in [-0.3, -0.25) is 0 Å². The Bertz CT molecular complexity index is 690. The lowest BCUT2D eigenvalue weighted by atomic mass is 9.86. The van der Waals surface area contributed by atoms with Crippen molar-refractivity contribution in [2.45, 2.75) is 55.7 Å². The average molecular weight is 315 g/mol. The molecule has 2 unspecified atom stereocenters. The first-order chi connectivity index (χ1) is 9.90. The Balaban J connectivity index is 2.21. The molecule has 0 aromatic heterocycles. The zero-order valence-corrected chi connectivity index (χ0v) is 14.9. The molecule has 2 aromatic carbocycles. The first kappa shape index (κ1) is 15.1. The molecule has 0 saturated carbocycles. The first-order valence-corrected chi connectivity index (χ1v) is 8.42. The predicted molar refractivity (Wildman–Crippen MR) is 96.5 cm³/mol. The van der Waals surface area contributed by atoms with Crippen molar-refractivity contribution >= 4 is 25.3 Å². The summed E-state index contributed by atoms with van der Waals surface area (Å²) in [5.74, 6) is 1.10. The second kappa shape index (κ2) is 5.40. The lowest BCUT2D eigenvalue weighted by molar-refractivity contribution is 0.677. The smallest absolute Gasteiger partial charge is 0.0104 e. The van der Waals surface area contributed by atoms with Gasteiger partial charge in [0.2, 0.25) is 0 Å². The van der Waals surface area contributed by atoms with Crippen LogP contribution in [-0.2, 0) is 0 Å². The van der Waals surface area contributed by atoms with Crippen LogP contribution in [0.2, 0.25) is 0 Å². The van der Waals surface area contributed by atoms with Crippen LogP contribution in [0.5, 0.6) is 0 Å². The molecule has 110 valence electrons. The number of thiol groups is 2. The second-order valence-corrected chi connectivity index (χ2v) is 7.36. The van der Waals surface area contributed by atoms with Gasteiger partial charge in [-0.2, -0.15) is 0 Å². The van der Waals surface area contributed by atoms with E-state index in [2.05, 4.69) is 77.2 Å². The van der Waals surface area contributed by atoms with Crippen LogP contribution in [0.4, 0.5) is 0 Å². The summed E-state index contributed by atoms with van der Waals surface area (Å²) in [6, 6.07) is 8.98. The van der Waals surface area contributed by atoms with E-state index in [0.717, 1.165) is 9.79 Å². The van der Waals surface area contributed by atoms with Crippen LogP contribution in [0.3, 0.4) is 0 Å². The maximum atomic E-state index is 4.64. The van der Waals surface area contributed by atoms with Crippen LogP contribution < -0.4 is 0 Å². The third-order valence-corrected chi connectivity index (χ3v) is 5.87. The minimum atomic E-state index is 0.480. The van der Waals surface area contributed by atoms with Crippen LogP contribution in [0.1, 0.15) is 58.6 Å². The lowest BCUT2D eigenvalue weighted by Gasteiger charge is -2.21. The Morgan fingerprint density at radius 3 is 2.14 bits per heavy atom. The molecule has 2 aromatic rings. The molecule has 0 fully saturated rings. The van der Waals surface area contributed by atoms with Gasteiger partial charge in [-0.05, 0) is 67.0 Å². The normalized spacial score (nSPS) is 20.7. The third-order valence-electron chi connectivity index (χ3n) is 4.94. The molecular weight excluding hydrogens is 292 g/mol. The molecule has 1 aliphatic carbocycles. The Morgan fingerprint density at radius 2 is 1.52 bits per heavy atom. The number of aryl methyl sites for hydroxylation is 1. The van der Waals surface area contributed by atoms with Crippen molar-refractivity contribution in [3.05, 3.63) is 57.6 Å². The monoisotopic (exact) mass is 314 g/mol. The van der Waals surface area contributed by atoms with Crippen molar-refractivity contribution in [3.63, 3.8) is 0 Å². The number of hydrogen-bond acceptors (Lipinski definition) is 2. The molecule has 0 aliphatic heterocycles. The minimum Gasteiger partial charge on any atom is -0.143 e. The lowest BCUT2D eigenvalue weighted by Crippen LogP contribution is -2.04. The highest BCUT2D eigenvalue weighted by Crippen LogP contribution is 2.48. The van der Waals surface area contributed by atoms with Gasteiger partial charge in [0.15, 0.2) is 0 Å². The molecule has 0 heterocycles. The highest BCUT2D eigenvalue weighted by molar-refractivity contribution is 7.81. The van der Waals surface area contributed by atoms with E-state index >= 15 is 0 Å². The van der Waals surface area contributed by atoms with Crippen molar-refractivity contribution in [1.82, 2.24) is 0 Å². The molecule has 1 aliphatic rings. The molecule has 0 N–H and O–H groups in total. The SMILES string of the molecule is Cc1ccc2c(c1)C(C)CC2c1c(C)c(S)cc(S)c1C. The van der Waals surface area contributed by atoms with Gasteiger partial charge in [-0.1, -0.05) is 30.7 Å². The van der Waals surface area contributed by atoms with Crippen molar-refractivity contribution < 1.29 is 0 Å². The minimum absolute atomic E-state index is 0.480. The van der Waals surface area contributed by atoms with Gasteiger partial charge >= 0.3 is 0 Å². The summed E-state index contributed by atoms with van der Waals surface area (Å²) in [6.07, 6.45) is 1.19. The summed E-state index contributed by atoms with van der Waals surface area (Å²) in [5.41, 5.74) is 8.41. The second-order valence-electron chi connectivity index (χ2n) is 6.40. The standard InChI is InChI=1S/C19H22S2/c1-10-5-6-14-15(7-10)11(2)8-16(14)19-12(3)17(20)9-18(21)13(19)4/h5-7,9,11,16,20-21H,8H2,1-4H3. The van der Waals surface area contributed by atoms with E-state index in [9.17, 15) is 0 Å². The predicted octanol–water partition coefficient (Wildman–Crippen LogP) is 5.83. The van der Waals surface area contributed by atoms with E-state index in [0.29, 0.717) is 11.8 Å². The van der Waals surface area contributed by atoms with Gasteiger partial charge in [-0.15, -0.1) is 25.3 Å². The van der Waals surface area contributed by atoms with E-state index in [1.807, 2.05) is 0 Å². The van der Waals surface area contributed by atoms with Crippen molar-refractivity contribution in [1.29, 1.82) is 0 Å². The van der Waals surface area contributed by atoms with Crippen molar-refractivity contribution in [2.75, 3.05) is 0 Å². The summed E-state index contributed by atoms with van der Waals surface area (Å²) in [5, 5.41) is 0. The van der Waals surface area contributed by atoms with Crippen LogP contribution in [-0.4, -0.2) is 0 Å². The highest BCUT2D eigenvalue weighted by Gasteiger charge is 2.31. The number of rotatable bonds is 1. The van der Waals surface area contributed by atoms with Crippen LogP contribution in [0.25, 0.3) is 0 Å². The summed E-state index contributed by atoms with van der Waals surface area (Å²) in [4.78, 5) is 2.10. The third kappa shape index (κ3) is 2.43. The highest BCUT2D eigenvalue weighted by atomic mass is 32.1. The van der Waals surface area contributed by atoms with E-state index in [-0.39, 0.29) is 0 Å². The molecule has 2 atom stereocenters. The summed E-state index contributed by atoms with van der Waals surface area (Å²) >= 11 is 9.27. The van der Waals surface area contributed by atoms with Gasteiger partial charge < -0.3 is 0 Å². The fraction of sp³-hybridized carbons (Fsp3) is 0.368. The molecular formula is C19H22S2. The van der Waals surface area contributed by atoms with Gasteiger partial charge in [-0.25, -0.2) is 0 Å². The van der Waals surface area contributed by atoms with Gasteiger partial charge in [0.05, 0.1) is 0 Å². The Morgan fingerprint density at radius 1 is 0.905 bits per heavy atom. The zero-order chi connectivity index (χ0) is 15.3. The van der Waals surface area contributed by atoms with Crippen molar-refractivity contribution in [3.8, 4) is 0 Å². The summed E-state index contributed by atoms with van der Waals surface area (Å²) in [6.45, 7) is 8.90. The van der Waals surface area contributed by atoms with E-state index in [1.54, 1.807) is 0 Å². The Labute approximate surface area is 138 Å². The van der Waals surface area contributed by atoms with E-state index in [1.165, 1.54) is 39.8 Å². The molecule has 0 bridgehead atoms. The molecule has 0 radical (unpaired) electrons. The molecule has 0 spiro atoms. The fourth-order valence-corrected chi connectivity index (χ4v) is 4.35. The molecule has 0 amide bonds. The van der Waals surface area contributed by atoms with Gasteiger partial charge in [0.1, 0.15) is 0 Å². The van der Waals surface area contributed by atoms with Crippen LogP contribution in [0.15, 0.2) is 34.1 Å². The molecule has 0 saturated heterocycles. The summed E-state index contributed by atoms with van der Waals surface area (Å²) in [7, 11) is 0. The molecule has 3 rings (SSSR count). The van der Waals surface area contributed by atoms with Gasteiger partial charge in [0.25, 0.3) is 0 Å². The Kier molecular flexibility index (Phi) is 3.87. The van der Waals surface area contributed by atoms with E-state index in [4.69, 9.17) is 0 Å². The first-order valence-electron chi connectivity index (χ1n) is 7.52. The van der Waals surface area contributed by atoms with Crippen LogP contribution >= 0.6 is 25.3 Å². The molecule has 2 heteroatoms. The quantitative estimate of drug-likeness (QED) is 0.608. The number of hydrogen-bond donors (Lipinski definition) is 2. The van der Waals surface area contributed by atoms with Crippen LogP contribution in [0, 0.1) is 20.8 Å². The fourth-order valence-electron chi connectivity index (χ4n) is 3.75.